The lowest BCUT2D eigenvalue weighted by Gasteiger charge is -2.29. The molecule has 2 aromatic carbocycles. The number of carbonyl (C=O) groups excluding carboxylic acids is 1. The number of benzene rings is 2. The number of amides is 1. The van der Waals surface area contributed by atoms with Gasteiger partial charge in [-0.1, -0.05) is 48.5 Å². The summed E-state index contributed by atoms with van der Waals surface area (Å²) in [7, 11) is 0. The van der Waals surface area contributed by atoms with Crippen LogP contribution in [0.25, 0.3) is 0 Å². The first-order valence-electron chi connectivity index (χ1n) is 9.32. The van der Waals surface area contributed by atoms with E-state index < -0.39 is 0 Å². The zero-order chi connectivity index (χ0) is 18.5. The van der Waals surface area contributed by atoms with Crippen LogP contribution < -0.4 is 10.2 Å². The van der Waals surface area contributed by atoms with Gasteiger partial charge in [0.2, 0.25) is 0 Å². The third-order valence-corrected chi connectivity index (χ3v) is 4.81. The molecule has 5 heteroatoms. The van der Waals surface area contributed by atoms with Crippen molar-refractivity contribution < 1.29 is 4.79 Å². The lowest BCUT2D eigenvalue weighted by Crippen LogP contribution is -2.28. The highest BCUT2D eigenvalue weighted by molar-refractivity contribution is 5.92. The summed E-state index contributed by atoms with van der Waals surface area (Å²) in [6.07, 6.45) is 2.96. The van der Waals surface area contributed by atoms with E-state index >= 15 is 0 Å². The molecule has 0 atom stereocenters. The average molecular weight is 358 g/mol. The van der Waals surface area contributed by atoms with E-state index in [9.17, 15) is 4.79 Å². The Kier molecular flexibility index (Phi) is 5.10. The number of hydrogen-bond acceptors (Lipinski definition) is 4. The topological polar surface area (TPSA) is 58.1 Å². The molecule has 0 spiro atoms. The minimum absolute atomic E-state index is 0.191. The zero-order valence-electron chi connectivity index (χ0n) is 15.1. The molecule has 0 saturated heterocycles. The third-order valence-electron chi connectivity index (χ3n) is 4.81. The second-order valence-electron chi connectivity index (χ2n) is 6.65. The smallest absolute Gasteiger partial charge is 0.271 e. The first-order valence-corrected chi connectivity index (χ1v) is 9.32. The lowest BCUT2D eigenvalue weighted by molar-refractivity contribution is 0.0948. The van der Waals surface area contributed by atoms with Crippen LogP contribution in [0.4, 0.5) is 11.5 Å². The molecule has 1 amide bonds. The molecule has 1 N–H and O–H groups in total. The van der Waals surface area contributed by atoms with Crippen LogP contribution in [0.2, 0.25) is 0 Å². The molecule has 1 aliphatic rings. The molecular formula is C22H22N4O. The van der Waals surface area contributed by atoms with Gasteiger partial charge in [-0.15, -0.1) is 10.2 Å². The predicted octanol–water partition coefficient (Wildman–Crippen LogP) is 3.53. The van der Waals surface area contributed by atoms with Gasteiger partial charge in [-0.25, -0.2) is 0 Å². The van der Waals surface area contributed by atoms with Crippen LogP contribution in [0.3, 0.4) is 0 Å². The normalized spacial score (nSPS) is 13.1. The maximum Gasteiger partial charge on any atom is 0.271 e. The highest BCUT2D eigenvalue weighted by Gasteiger charge is 2.19. The summed E-state index contributed by atoms with van der Waals surface area (Å²) in [5, 5.41) is 11.4. The van der Waals surface area contributed by atoms with Gasteiger partial charge >= 0.3 is 0 Å². The van der Waals surface area contributed by atoms with Gasteiger partial charge in [-0.2, -0.15) is 0 Å². The summed E-state index contributed by atoms with van der Waals surface area (Å²) in [5.74, 6) is 0.590. The van der Waals surface area contributed by atoms with E-state index in [4.69, 9.17) is 0 Å². The summed E-state index contributed by atoms with van der Waals surface area (Å²) < 4.78 is 0. The minimum Gasteiger partial charge on any atom is -0.350 e. The average Bonchev–Trinajstić information content (AvgIpc) is 2.74. The van der Waals surface area contributed by atoms with Crippen molar-refractivity contribution in [2.24, 2.45) is 0 Å². The minimum atomic E-state index is -0.191. The summed E-state index contributed by atoms with van der Waals surface area (Å²) in [6, 6.07) is 22.1. The predicted molar refractivity (Wildman–Crippen MR) is 106 cm³/mol. The standard InChI is InChI=1S/C22H22N4O/c27-22(23-15-14-17-7-2-1-3-8-17)19-12-13-21(25-24-19)26-16-6-10-18-9-4-5-11-20(18)26/h1-5,7-9,11-13H,6,10,14-16H2,(H,23,27). The number of fused-ring (bicyclic) bond motifs is 1. The van der Waals surface area contributed by atoms with Crippen LogP contribution in [0.1, 0.15) is 28.0 Å². The number of aryl methyl sites for hydroxylation is 1. The van der Waals surface area contributed by atoms with Crippen LogP contribution in [0, 0.1) is 0 Å². The molecule has 1 aliphatic heterocycles. The van der Waals surface area contributed by atoms with Crippen molar-refractivity contribution in [2.75, 3.05) is 18.0 Å². The molecule has 0 aliphatic carbocycles. The van der Waals surface area contributed by atoms with E-state index in [0.29, 0.717) is 12.2 Å². The Morgan fingerprint density at radius 2 is 1.78 bits per heavy atom. The molecule has 5 nitrogen and oxygen atoms in total. The van der Waals surface area contributed by atoms with Crippen LogP contribution in [0.15, 0.2) is 66.7 Å². The zero-order valence-corrected chi connectivity index (χ0v) is 15.1. The van der Waals surface area contributed by atoms with Crippen molar-refractivity contribution in [3.8, 4) is 0 Å². The van der Waals surface area contributed by atoms with Gasteiger partial charge in [0.1, 0.15) is 0 Å². The summed E-state index contributed by atoms with van der Waals surface area (Å²) in [4.78, 5) is 14.5. The molecule has 136 valence electrons. The maximum atomic E-state index is 12.3. The Labute approximate surface area is 159 Å². The van der Waals surface area contributed by atoms with Crippen molar-refractivity contribution >= 4 is 17.4 Å². The molecule has 0 radical (unpaired) electrons. The molecule has 4 rings (SSSR count). The van der Waals surface area contributed by atoms with E-state index in [1.165, 1.54) is 16.8 Å². The number of para-hydroxylation sites is 1. The van der Waals surface area contributed by atoms with Gasteiger partial charge in [-0.3, -0.25) is 4.79 Å². The van der Waals surface area contributed by atoms with Crippen LogP contribution >= 0.6 is 0 Å². The molecule has 1 aromatic heterocycles. The van der Waals surface area contributed by atoms with Crippen LogP contribution in [-0.2, 0) is 12.8 Å². The molecule has 0 fully saturated rings. The van der Waals surface area contributed by atoms with Gasteiger partial charge < -0.3 is 10.2 Å². The van der Waals surface area contributed by atoms with Gasteiger partial charge in [0.15, 0.2) is 11.5 Å². The molecule has 0 unspecified atom stereocenters. The largest absolute Gasteiger partial charge is 0.350 e. The SMILES string of the molecule is O=C(NCCc1ccccc1)c1ccc(N2CCCc3ccccc32)nn1. The van der Waals surface area contributed by atoms with Crippen LogP contribution in [-0.4, -0.2) is 29.2 Å². The Morgan fingerprint density at radius 1 is 0.963 bits per heavy atom. The molecule has 0 saturated carbocycles. The molecule has 0 bridgehead atoms. The third kappa shape index (κ3) is 3.97. The monoisotopic (exact) mass is 358 g/mol. The lowest BCUT2D eigenvalue weighted by atomic mass is 10.0. The maximum absolute atomic E-state index is 12.3. The quantitative estimate of drug-likeness (QED) is 0.758. The van der Waals surface area contributed by atoms with Crippen molar-refractivity contribution in [3.05, 3.63) is 83.6 Å². The van der Waals surface area contributed by atoms with Crippen molar-refractivity contribution in [3.63, 3.8) is 0 Å². The summed E-state index contributed by atoms with van der Waals surface area (Å²) in [6.45, 7) is 1.49. The molecular weight excluding hydrogens is 336 g/mol. The summed E-state index contributed by atoms with van der Waals surface area (Å²) in [5.41, 5.74) is 4.05. The molecule has 2 heterocycles. The van der Waals surface area contributed by atoms with E-state index in [1.807, 2.05) is 30.3 Å². The first-order chi connectivity index (χ1) is 13.3. The van der Waals surface area contributed by atoms with Crippen molar-refractivity contribution in [2.45, 2.75) is 19.3 Å². The van der Waals surface area contributed by atoms with Crippen LogP contribution in [0.5, 0.6) is 0 Å². The number of carbonyl (C=O) groups is 1. The fourth-order valence-corrected chi connectivity index (χ4v) is 3.42. The Bertz CT molecular complexity index is 909. The Balaban J connectivity index is 1.40. The van der Waals surface area contributed by atoms with Gasteiger partial charge in [0.05, 0.1) is 0 Å². The Morgan fingerprint density at radius 3 is 2.59 bits per heavy atom. The number of aromatic nitrogens is 2. The van der Waals surface area contributed by atoms with E-state index in [1.54, 1.807) is 6.07 Å². The highest BCUT2D eigenvalue weighted by atomic mass is 16.1. The second-order valence-corrected chi connectivity index (χ2v) is 6.65. The number of nitrogens with one attached hydrogen (secondary N) is 1. The number of hydrogen-bond donors (Lipinski definition) is 1. The van der Waals surface area contributed by atoms with Gasteiger partial charge in [0, 0.05) is 18.8 Å². The fraction of sp³-hybridized carbons (Fsp3) is 0.227. The summed E-state index contributed by atoms with van der Waals surface area (Å²) >= 11 is 0. The Hall–Kier alpha value is -3.21. The molecule has 27 heavy (non-hydrogen) atoms. The number of rotatable bonds is 5. The fourth-order valence-electron chi connectivity index (χ4n) is 3.42. The van der Waals surface area contributed by atoms with E-state index in [-0.39, 0.29) is 5.91 Å². The highest BCUT2D eigenvalue weighted by Crippen LogP contribution is 2.31. The van der Waals surface area contributed by atoms with Gasteiger partial charge in [0.25, 0.3) is 5.91 Å². The number of anilines is 2. The van der Waals surface area contributed by atoms with Crippen molar-refractivity contribution in [1.29, 1.82) is 0 Å². The van der Waals surface area contributed by atoms with Crippen molar-refractivity contribution in [1.82, 2.24) is 15.5 Å². The van der Waals surface area contributed by atoms with E-state index in [0.717, 1.165) is 31.6 Å². The molecule has 3 aromatic rings. The number of nitrogens with zero attached hydrogens (tertiary/aromatic N) is 3. The van der Waals surface area contributed by atoms with Gasteiger partial charge in [-0.05, 0) is 48.6 Å². The second kappa shape index (κ2) is 7.99. The first kappa shape index (κ1) is 17.2. The van der Waals surface area contributed by atoms with E-state index in [2.05, 4.69) is 50.7 Å².